The van der Waals surface area contributed by atoms with Gasteiger partial charge in [0.2, 0.25) is 0 Å². The molecule has 1 aliphatic rings. The van der Waals surface area contributed by atoms with Crippen LogP contribution in [0.1, 0.15) is 23.5 Å². The Morgan fingerprint density at radius 1 is 1.13 bits per heavy atom. The lowest BCUT2D eigenvalue weighted by Crippen LogP contribution is -2.41. The first-order chi connectivity index (χ1) is 14.5. The highest BCUT2D eigenvalue weighted by molar-refractivity contribution is 7.14. The molecule has 30 heavy (non-hydrogen) atoms. The van der Waals surface area contributed by atoms with Gasteiger partial charge in [-0.15, -0.1) is 0 Å². The Morgan fingerprint density at radius 3 is 2.77 bits per heavy atom. The molecule has 0 unspecified atom stereocenters. The molecular formula is C21H20F2N6S. The maximum absolute atomic E-state index is 13.7. The average Bonchev–Trinajstić information content (AvgIpc) is 3.30. The number of pyridine rings is 2. The number of piperidine rings is 1. The molecular weight excluding hydrogens is 406 g/mol. The lowest BCUT2D eigenvalue weighted by molar-refractivity contribution is -0.0659. The highest BCUT2D eigenvalue weighted by Gasteiger charge is 2.35. The van der Waals surface area contributed by atoms with Gasteiger partial charge in [-0.05, 0) is 44.2 Å². The van der Waals surface area contributed by atoms with E-state index in [0.29, 0.717) is 19.5 Å². The van der Waals surface area contributed by atoms with Gasteiger partial charge < -0.3 is 0 Å². The Morgan fingerprint density at radius 2 is 1.97 bits per heavy atom. The number of aromatic nitrogens is 5. The summed E-state index contributed by atoms with van der Waals surface area (Å²) in [5.41, 5.74) is 3.33. The first-order valence-corrected chi connectivity index (χ1v) is 10.6. The maximum atomic E-state index is 13.7. The van der Waals surface area contributed by atoms with E-state index in [1.165, 1.54) is 11.3 Å². The largest absolute Gasteiger partial charge is 0.292 e. The minimum atomic E-state index is -2.60. The molecule has 5 heterocycles. The molecule has 154 valence electrons. The van der Waals surface area contributed by atoms with Gasteiger partial charge in [-0.3, -0.25) is 14.5 Å². The third-order valence-corrected chi connectivity index (χ3v) is 6.20. The van der Waals surface area contributed by atoms with E-state index in [-0.39, 0.29) is 13.0 Å². The summed E-state index contributed by atoms with van der Waals surface area (Å²) in [5, 5.41) is 0.744. The minimum Gasteiger partial charge on any atom is -0.292 e. The summed E-state index contributed by atoms with van der Waals surface area (Å²) in [7, 11) is 0. The summed E-state index contributed by atoms with van der Waals surface area (Å²) < 4.78 is 29.4. The second-order valence-corrected chi connectivity index (χ2v) is 8.64. The number of halogens is 2. The van der Waals surface area contributed by atoms with E-state index in [9.17, 15) is 8.78 Å². The van der Waals surface area contributed by atoms with Crippen LogP contribution in [0.2, 0.25) is 0 Å². The number of thiazole rings is 1. The first kappa shape index (κ1) is 19.2. The average molecular weight is 426 g/mol. The fraction of sp³-hybridized carbons (Fsp3) is 0.333. The van der Waals surface area contributed by atoms with Crippen molar-refractivity contribution in [3.8, 4) is 16.4 Å². The molecule has 0 N–H and O–H groups in total. The fourth-order valence-corrected chi connectivity index (χ4v) is 4.86. The first-order valence-electron chi connectivity index (χ1n) is 9.80. The standard InChI is InChI=1S/C21H20F2N6S/c1-14-26-18-4-3-17(15-5-8-24-9-6-15)27-19(18)29(14)20-25-11-16(30-20)12-28-10-2-7-21(22,23)13-28/h3-6,8-9,11H,2,7,10,12-13H2,1H3. The highest BCUT2D eigenvalue weighted by Crippen LogP contribution is 2.30. The molecule has 1 fully saturated rings. The molecule has 9 heteroatoms. The number of alkyl halides is 2. The molecule has 4 aromatic rings. The zero-order valence-corrected chi connectivity index (χ0v) is 17.2. The van der Waals surface area contributed by atoms with E-state index in [1.54, 1.807) is 23.5 Å². The number of hydrogen-bond acceptors (Lipinski definition) is 6. The quantitative estimate of drug-likeness (QED) is 0.482. The van der Waals surface area contributed by atoms with Crippen LogP contribution in [0.25, 0.3) is 27.6 Å². The van der Waals surface area contributed by atoms with Crippen molar-refractivity contribution < 1.29 is 8.78 Å². The number of likely N-dealkylation sites (tertiary alicyclic amines) is 1. The van der Waals surface area contributed by atoms with Gasteiger partial charge in [0, 0.05) is 42.0 Å². The molecule has 1 saturated heterocycles. The smallest absolute Gasteiger partial charge is 0.260 e. The monoisotopic (exact) mass is 426 g/mol. The minimum absolute atomic E-state index is 0.0247. The second-order valence-electron chi connectivity index (χ2n) is 7.55. The van der Waals surface area contributed by atoms with Gasteiger partial charge in [-0.25, -0.2) is 23.7 Å². The van der Waals surface area contributed by atoms with Crippen molar-refractivity contribution in [2.24, 2.45) is 0 Å². The van der Waals surface area contributed by atoms with Gasteiger partial charge >= 0.3 is 0 Å². The van der Waals surface area contributed by atoms with Crippen molar-refractivity contribution in [3.63, 3.8) is 0 Å². The van der Waals surface area contributed by atoms with Gasteiger partial charge in [-0.1, -0.05) is 11.3 Å². The topological polar surface area (TPSA) is 59.7 Å². The number of aryl methyl sites for hydroxylation is 1. The van der Waals surface area contributed by atoms with Gasteiger partial charge in [0.15, 0.2) is 10.8 Å². The summed E-state index contributed by atoms with van der Waals surface area (Å²) in [4.78, 5) is 20.8. The highest BCUT2D eigenvalue weighted by atomic mass is 32.1. The van der Waals surface area contributed by atoms with Crippen LogP contribution in [-0.2, 0) is 6.54 Å². The zero-order chi connectivity index (χ0) is 20.7. The normalized spacial score (nSPS) is 16.9. The van der Waals surface area contributed by atoms with E-state index < -0.39 is 5.92 Å². The van der Waals surface area contributed by atoms with Gasteiger partial charge in [0.05, 0.1) is 12.2 Å². The van der Waals surface area contributed by atoms with Gasteiger partial charge in [-0.2, -0.15) is 0 Å². The van der Waals surface area contributed by atoms with E-state index in [2.05, 4.69) is 15.0 Å². The Hall–Kier alpha value is -2.78. The number of rotatable bonds is 4. The van der Waals surface area contributed by atoms with Crippen molar-refractivity contribution in [2.75, 3.05) is 13.1 Å². The van der Waals surface area contributed by atoms with E-state index in [1.807, 2.05) is 35.8 Å². The summed E-state index contributed by atoms with van der Waals surface area (Å²) in [6.07, 6.45) is 5.74. The van der Waals surface area contributed by atoms with Gasteiger partial charge in [0.1, 0.15) is 11.3 Å². The van der Waals surface area contributed by atoms with Crippen molar-refractivity contribution >= 4 is 22.5 Å². The molecule has 0 amide bonds. The third kappa shape index (κ3) is 3.70. The molecule has 0 aliphatic carbocycles. The molecule has 5 rings (SSSR count). The lowest BCUT2D eigenvalue weighted by Gasteiger charge is -2.31. The molecule has 0 atom stereocenters. The van der Waals surface area contributed by atoms with E-state index in [0.717, 1.165) is 38.3 Å². The molecule has 0 radical (unpaired) electrons. The molecule has 0 spiro atoms. The molecule has 0 saturated carbocycles. The fourth-order valence-electron chi connectivity index (χ4n) is 3.86. The summed E-state index contributed by atoms with van der Waals surface area (Å²) in [6, 6.07) is 7.72. The number of hydrogen-bond donors (Lipinski definition) is 0. The Kier molecular flexibility index (Phi) is 4.79. The predicted octanol–water partition coefficient (Wildman–Crippen LogP) is 4.48. The van der Waals surface area contributed by atoms with Crippen LogP contribution in [0.3, 0.4) is 0 Å². The molecule has 1 aliphatic heterocycles. The van der Waals surface area contributed by atoms with Crippen LogP contribution in [0, 0.1) is 6.92 Å². The summed E-state index contributed by atoms with van der Waals surface area (Å²) in [6.45, 7) is 2.89. The van der Waals surface area contributed by atoms with Crippen LogP contribution in [-0.4, -0.2) is 48.4 Å². The molecule has 6 nitrogen and oxygen atoms in total. The van der Waals surface area contributed by atoms with Crippen molar-refractivity contribution in [1.82, 2.24) is 29.4 Å². The van der Waals surface area contributed by atoms with Crippen molar-refractivity contribution in [1.29, 1.82) is 0 Å². The number of nitrogens with zero attached hydrogens (tertiary/aromatic N) is 6. The number of imidazole rings is 1. The van der Waals surface area contributed by atoms with Crippen LogP contribution in [0.15, 0.2) is 42.9 Å². The Labute approximate surface area is 176 Å². The molecule has 0 aromatic carbocycles. The van der Waals surface area contributed by atoms with Crippen molar-refractivity contribution in [2.45, 2.75) is 32.2 Å². The SMILES string of the molecule is Cc1nc2ccc(-c3ccncc3)nc2n1-c1ncc(CN2CCCC(F)(F)C2)s1. The van der Waals surface area contributed by atoms with Gasteiger partial charge in [0.25, 0.3) is 5.92 Å². The number of fused-ring (bicyclic) bond motifs is 1. The second kappa shape index (κ2) is 7.48. The lowest BCUT2D eigenvalue weighted by atomic mass is 10.1. The Balaban J connectivity index is 1.47. The van der Waals surface area contributed by atoms with Crippen LogP contribution < -0.4 is 0 Å². The predicted molar refractivity (Wildman–Crippen MR) is 112 cm³/mol. The Bertz CT molecular complexity index is 1190. The molecule has 4 aromatic heterocycles. The summed E-state index contributed by atoms with van der Waals surface area (Å²) >= 11 is 1.49. The third-order valence-electron chi connectivity index (χ3n) is 5.23. The zero-order valence-electron chi connectivity index (χ0n) is 16.4. The van der Waals surface area contributed by atoms with E-state index in [4.69, 9.17) is 4.98 Å². The van der Waals surface area contributed by atoms with Crippen LogP contribution in [0.5, 0.6) is 0 Å². The van der Waals surface area contributed by atoms with Crippen molar-refractivity contribution in [3.05, 3.63) is 53.6 Å². The van der Waals surface area contributed by atoms with E-state index >= 15 is 0 Å². The van der Waals surface area contributed by atoms with Crippen LogP contribution >= 0.6 is 11.3 Å². The molecule has 0 bridgehead atoms. The maximum Gasteiger partial charge on any atom is 0.260 e. The van der Waals surface area contributed by atoms with Crippen LogP contribution in [0.4, 0.5) is 8.78 Å². The summed E-state index contributed by atoms with van der Waals surface area (Å²) in [5.74, 6) is -1.81.